The van der Waals surface area contributed by atoms with Crippen LogP contribution in [0.4, 0.5) is 5.95 Å². The van der Waals surface area contributed by atoms with Crippen LogP contribution in [0.5, 0.6) is 17.2 Å². The number of rotatable bonds is 6. The first-order valence-corrected chi connectivity index (χ1v) is 12.0. The number of hydrogen-bond acceptors (Lipinski definition) is 7. The number of amides is 1. The molecule has 9 nitrogen and oxygen atoms in total. The molecule has 1 saturated heterocycles. The van der Waals surface area contributed by atoms with Gasteiger partial charge in [-0.2, -0.15) is 0 Å². The number of aliphatic hydroxyl groups is 1. The molecule has 3 aromatic carbocycles. The Bertz CT molecular complexity index is 1590. The van der Waals surface area contributed by atoms with Gasteiger partial charge in [0.15, 0.2) is 5.75 Å². The zero-order valence-electron chi connectivity index (χ0n) is 20.4. The summed E-state index contributed by atoms with van der Waals surface area (Å²) >= 11 is 12.6. The summed E-state index contributed by atoms with van der Waals surface area (Å²) in [5, 5.41) is 11.6. The molecule has 1 unspecified atom stereocenters. The first-order chi connectivity index (χ1) is 18.3. The first-order valence-electron chi connectivity index (χ1n) is 11.3. The van der Waals surface area contributed by atoms with Gasteiger partial charge in [-0.3, -0.25) is 14.5 Å². The van der Waals surface area contributed by atoms with Crippen molar-refractivity contribution in [1.29, 1.82) is 0 Å². The molecule has 38 heavy (non-hydrogen) atoms. The van der Waals surface area contributed by atoms with Crippen molar-refractivity contribution in [2.24, 2.45) is 0 Å². The summed E-state index contributed by atoms with van der Waals surface area (Å²) in [4.78, 5) is 35.7. The molecule has 1 fully saturated rings. The number of aromatic nitrogens is 2. The highest BCUT2D eigenvalue weighted by molar-refractivity contribution is 6.51. The first kappa shape index (κ1) is 25.4. The van der Waals surface area contributed by atoms with Gasteiger partial charge >= 0.3 is 5.91 Å². The number of fused-ring (bicyclic) bond motifs is 1. The van der Waals surface area contributed by atoms with Crippen LogP contribution in [0.15, 0.2) is 60.2 Å². The number of methoxy groups -OCH3 is 3. The fourth-order valence-electron chi connectivity index (χ4n) is 4.42. The summed E-state index contributed by atoms with van der Waals surface area (Å²) in [7, 11) is 4.48. The summed E-state index contributed by atoms with van der Waals surface area (Å²) in [5.41, 5.74) is 1.69. The molecular formula is C27H21Cl2N3O6. The van der Waals surface area contributed by atoms with Crippen LogP contribution in [0, 0.1) is 0 Å². The average molecular weight is 554 g/mol. The predicted molar refractivity (Wildman–Crippen MR) is 143 cm³/mol. The third-order valence-electron chi connectivity index (χ3n) is 6.26. The lowest BCUT2D eigenvalue weighted by Gasteiger charge is -2.23. The molecule has 1 amide bonds. The van der Waals surface area contributed by atoms with E-state index in [0.717, 1.165) is 0 Å². The van der Waals surface area contributed by atoms with Gasteiger partial charge < -0.3 is 24.3 Å². The number of ether oxygens (including phenoxy) is 3. The van der Waals surface area contributed by atoms with Crippen LogP contribution in [0.1, 0.15) is 17.2 Å². The second-order valence-electron chi connectivity index (χ2n) is 8.36. The Hall–Kier alpha value is -4.21. The number of carbonyl (C=O) groups excluding carboxylic acids is 2. The van der Waals surface area contributed by atoms with E-state index in [-0.39, 0.29) is 32.9 Å². The van der Waals surface area contributed by atoms with Gasteiger partial charge in [0.1, 0.15) is 17.3 Å². The summed E-state index contributed by atoms with van der Waals surface area (Å²) in [6.07, 6.45) is 0. The molecule has 2 N–H and O–H groups in total. The molecule has 0 saturated carbocycles. The fourth-order valence-corrected chi connectivity index (χ4v) is 5.06. The van der Waals surface area contributed by atoms with Crippen LogP contribution in [0.2, 0.25) is 10.0 Å². The number of benzene rings is 3. The lowest BCUT2D eigenvalue weighted by Crippen LogP contribution is -2.30. The zero-order chi connectivity index (χ0) is 27.1. The molecule has 0 spiro atoms. The molecule has 0 radical (unpaired) electrons. The number of H-pyrrole nitrogens is 1. The van der Waals surface area contributed by atoms with Gasteiger partial charge in [-0.05, 0) is 42.0 Å². The Labute approximate surface area is 227 Å². The minimum absolute atomic E-state index is 0.126. The van der Waals surface area contributed by atoms with Crippen molar-refractivity contribution in [3.8, 4) is 17.2 Å². The Morgan fingerprint density at radius 3 is 2.16 bits per heavy atom. The minimum atomic E-state index is -1.02. The molecule has 194 valence electrons. The van der Waals surface area contributed by atoms with Crippen LogP contribution >= 0.6 is 23.2 Å². The highest BCUT2D eigenvalue weighted by Gasteiger charge is 2.48. The van der Waals surface area contributed by atoms with Gasteiger partial charge in [0.05, 0.1) is 54.0 Å². The van der Waals surface area contributed by atoms with Gasteiger partial charge in [0.25, 0.3) is 5.78 Å². The molecule has 2 heterocycles. The number of aromatic amines is 1. The molecule has 11 heteroatoms. The number of Topliss-reactive ketones (excluding diaryl/α,β-unsaturated/α-hetero) is 1. The maximum absolute atomic E-state index is 13.4. The number of nitrogens with one attached hydrogen (secondary N) is 1. The second-order valence-corrected chi connectivity index (χ2v) is 9.17. The fraction of sp³-hybridized carbons (Fsp3) is 0.148. The molecule has 1 aromatic heterocycles. The van der Waals surface area contributed by atoms with Gasteiger partial charge in [0.2, 0.25) is 5.95 Å². The standard InChI is InChI=1S/C27H21Cl2N3O6/c1-36-15-6-4-13(5-7-15)22-21(23(33)14-10-17(28)25(38-3)18(29)11-14)24(34)26(35)32(22)27-30-19-9-8-16(37-2)12-20(19)31-27/h4-12,22,33H,1-3H3,(H,30,31)/b23-21+. The SMILES string of the molecule is COc1ccc(C2/C(=C(\O)c3cc(Cl)c(OC)c(Cl)c3)C(=O)C(=O)N2c2nc3ccc(OC)cc3[nH]2)cc1. The van der Waals surface area contributed by atoms with Crippen molar-refractivity contribution in [3.05, 3.63) is 81.3 Å². The van der Waals surface area contributed by atoms with E-state index in [1.54, 1.807) is 49.6 Å². The van der Waals surface area contributed by atoms with Crippen LogP contribution in [-0.4, -0.2) is 48.1 Å². The van der Waals surface area contributed by atoms with E-state index in [1.165, 1.54) is 31.3 Å². The number of ketones is 1. The summed E-state index contributed by atoms with van der Waals surface area (Å²) in [5.74, 6) is -0.704. The van der Waals surface area contributed by atoms with Crippen molar-refractivity contribution >= 4 is 57.6 Å². The number of hydrogen-bond donors (Lipinski definition) is 2. The van der Waals surface area contributed by atoms with Crippen LogP contribution < -0.4 is 19.1 Å². The van der Waals surface area contributed by atoms with Crippen LogP contribution in [0.3, 0.4) is 0 Å². The Balaban J connectivity index is 1.72. The third-order valence-corrected chi connectivity index (χ3v) is 6.82. The molecular weight excluding hydrogens is 533 g/mol. The number of halogens is 2. The highest BCUT2D eigenvalue weighted by atomic mass is 35.5. The second kappa shape index (κ2) is 9.92. The van der Waals surface area contributed by atoms with E-state index < -0.39 is 23.5 Å². The Morgan fingerprint density at radius 2 is 1.55 bits per heavy atom. The Kier molecular flexibility index (Phi) is 6.64. The quantitative estimate of drug-likeness (QED) is 0.183. The topological polar surface area (TPSA) is 114 Å². The van der Waals surface area contributed by atoms with E-state index in [2.05, 4.69) is 9.97 Å². The van der Waals surface area contributed by atoms with Gasteiger partial charge in [-0.15, -0.1) is 0 Å². The van der Waals surface area contributed by atoms with E-state index in [1.807, 2.05) is 0 Å². The van der Waals surface area contributed by atoms with Crippen molar-refractivity contribution in [2.75, 3.05) is 26.2 Å². The zero-order valence-corrected chi connectivity index (χ0v) is 21.9. The monoisotopic (exact) mass is 553 g/mol. The van der Waals surface area contributed by atoms with E-state index in [0.29, 0.717) is 28.1 Å². The lowest BCUT2D eigenvalue weighted by atomic mass is 9.95. The number of anilines is 1. The van der Waals surface area contributed by atoms with Crippen molar-refractivity contribution in [1.82, 2.24) is 9.97 Å². The lowest BCUT2D eigenvalue weighted by molar-refractivity contribution is -0.132. The summed E-state index contributed by atoms with van der Waals surface area (Å²) in [6, 6.07) is 13.8. The van der Waals surface area contributed by atoms with E-state index in [4.69, 9.17) is 37.4 Å². The predicted octanol–water partition coefficient (Wildman–Crippen LogP) is 5.52. The number of aliphatic hydroxyl groups excluding tert-OH is 1. The Morgan fingerprint density at radius 1 is 0.921 bits per heavy atom. The van der Waals surface area contributed by atoms with Gasteiger partial charge in [-0.25, -0.2) is 4.98 Å². The largest absolute Gasteiger partial charge is 0.507 e. The van der Waals surface area contributed by atoms with Gasteiger partial charge in [-0.1, -0.05) is 35.3 Å². The molecule has 1 aliphatic heterocycles. The number of imidazole rings is 1. The van der Waals surface area contributed by atoms with Crippen LogP contribution in [0.25, 0.3) is 16.8 Å². The smallest absolute Gasteiger partial charge is 0.302 e. The molecule has 1 aliphatic rings. The molecule has 0 aliphatic carbocycles. The number of nitrogens with zero attached hydrogens (tertiary/aromatic N) is 2. The van der Waals surface area contributed by atoms with Crippen molar-refractivity contribution in [3.63, 3.8) is 0 Å². The van der Waals surface area contributed by atoms with E-state index >= 15 is 0 Å². The normalized spacial score (nSPS) is 16.8. The summed E-state index contributed by atoms with van der Waals surface area (Å²) < 4.78 is 15.7. The molecule has 5 rings (SSSR count). The molecule has 4 aromatic rings. The number of carbonyl (C=O) groups is 2. The van der Waals surface area contributed by atoms with Crippen molar-refractivity contribution in [2.45, 2.75) is 6.04 Å². The highest BCUT2D eigenvalue weighted by Crippen LogP contribution is 2.43. The summed E-state index contributed by atoms with van der Waals surface area (Å²) in [6.45, 7) is 0. The van der Waals surface area contributed by atoms with Crippen LogP contribution in [-0.2, 0) is 9.59 Å². The average Bonchev–Trinajstić information content (AvgIpc) is 3.45. The van der Waals surface area contributed by atoms with Gasteiger partial charge in [0, 0.05) is 11.6 Å². The van der Waals surface area contributed by atoms with Crippen molar-refractivity contribution < 1.29 is 28.9 Å². The maximum Gasteiger partial charge on any atom is 0.302 e. The third kappa shape index (κ3) is 4.19. The molecule has 0 bridgehead atoms. The molecule has 1 atom stereocenters. The maximum atomic E-state index is 13.4. The van der Waals surface area contributed by atoms with E-state index in [9.17, 15) is 14.7 Å². The minimum Gasteiger partial charge on any atom is -0.507 e.